The van der Waals surface area contributed by atoms with E-state index in [9.17, 15) is 18.1 Å². The molecule has 6 heteroatoms. The van der Waals surface area contributed by atoms with E-state index in [0.717, 1.165) is 0 Å². The SMILES string of the molecule is CCN(CC)C(F)(F)C(=O)NF. The molecule has 0 aliphatic rings. The van der Waals surface area contributed by atoms with Gasteiger partial charge < -0.3 is 0 Å². The highest BCUT2D eigenvalue weighted by atomic mass is 19.3. The monoisotopic (exact) mass is 184 g/mol. The average molecular weight is 184 g/mol. The van der Waals surface area contributed by atoms with E-state index in [0.29, 0.717) is 10.4 Å². The Morgan fingerprint density at radius 2 is 1.83 bits per heavy atom. The molecule has 0 rings (SSSR count). The first kappa shape index (κ1) is 11.2. The van der Waals surface area contributed by atoms with Crippen LogP contribution in [-0.4, -0.2) is 29.9 Å². The van der Waals surface area contributed by atoms with E-state index in [2.05, 4.69) is 0 Å². The lowest BCUT2D eigenvalue weighted by molar-refractivity contribution is -0.181. The Labute approximate surface area is 68.5 Å². The largest absolute Gasteiger partial charge is 0.386 e. The quantitative estimate of drug-likeness (QED) is 0.520. The summed E-state index contributed by atoms with van der Waals surface area (Å²) < 4.78 is 36.9. The number of hydrogen-bond donors (Lipinski definition) is 1. The normalized spacial score (nSPS) is 11.8. The molecule has 0 aromatic rings. The summed E-state index contributed by atoms with van der Waals surface area (Å²) in [6.45, 7) is 2.89. The molecule has 0 saturated carbocycles. The molecule has 0 spiro atoms. The summed E-state index contributed by atoms with van der Waals surface area (Å²) in [5, 5.41) is 0. The summed E-state index contributed by atoms with van der Waals surface area (Å²) in [4.78, 5) is 10.9. The van der Waals surface area contributed by atoms with Crippen molar-refractivity contribution in [2.75, 3.05) is 13.1 Å². The highest BCUT2D eigenvalue weighted by Gasteiger charge is 2.44. The van der Waals surface area contributed by atoms with Crippen molar-refractivity contribution >= 4 is 5.91 Å². The number of nitrogens with zero attached hydrogens (tertiary/aromatic N) is 1. The lowest BCUT2D eigenvalue weighted by Crippen LogP contribution is -2.51. The number of rotatable bonds is 4. The Kier molecular flexibility index (Phi) is 4.02. The summed E-state index contributed by atoms with van der Waals surface area (Å²) >= 11 is 0. The number of alkyl halides is 2. The Balaban J connectivity index is 4.44. The minimum Gasteiger partial charge on any atom is -0.264 e. The molecule has 0 radical (unpaired) electrons. The Morgan fingerprint density at radius 3 is 2.08 bits per heavy atom. The Bertz CT molecular complexity index is 159. The number of carbonyl (C=O) groups is 1. The van der Waals surface area contributed by atoms with E-state index in [1.165, 1.54) is 13.8 Å². The summed E-state index contributed by atoms with van der Waals surface area (Å²) in [5.74, 6) is -1.92. The van der Waals surface area contributed by atoms with Crippen LogP contribution >= 0.6 is 0 Å². The second-order valence-electron chi connectivity index (χ2n) is 2.14. The molecule has 0 heterocycles. The maximum Gasteiger partial charge on any atom is 0.386 e. The van der Waals surface area contributed by atoms with Crippen LogP contribution < -0.4 is 5.54 Å². The van der Waals surface area contributed by atoms with Gasteiger partial charge in [-0.2, -0.15) is 14.3 Å². The second-order valence-corrected chi connectivity index (χ2v) is 2.14. The molecule has 1 amide bonds. The predicted molar refractivity (Wildman–Crippen MR) is 37.1 cm³/mol. The van der Waals surface area contributed by atoms with Gasteiger partial charge in [-0.1, -0.05) is 13.8 Å². The van der Waals surface area contributed by atoms with Crippen molar-refractivity contribution in [3.05, 3.63) is 0 Å². The second kappa shape index (κ2) is 4.30. The van der Waals surface area contributed by atoms with Gasteiger partial charge in [-0.05, 0) is 0 Å². The van der Waals surface area contributed by atoms with Gasteiger partial charge in [0.2, 0.25) is 0 Å². The maximum atomic E-state index is 12.8. The van der Waals surface area contributed by atoms with E-state index in [1.807, 2.05) is 0 Å². The van der Waals surface area contributed by atoms with Crippen LogP contribution in [0.3, 0.4) is 0 Å². The molecule has 0 fully saturated rings. The third-order valence-electron chi connectivity index (χ3n) is 1.52. The van der Waals surface area contributed by atoms with Crippen LogP contribution in [0.15, 0.2) is 0 Å². The molecule has 0 aliphatic heterocycles. The molecular weight excluding hydrogens is 173 g/mol. The zero-order chi connectivity index (χ0) is 9.78. The molecule has 1 N–H and O–H groups in total. The van der Waals surface area contributed by atoms with Crippen molar-refractivity contribution in [1.29, 1.82) is 0 Å². The number of carbonyl (C=O) groups excluding carboxylic acids is 1. The predicted octanol–water partition coefficient (Wildman–Crippen LogP) is 0.922. The van der Waals surface area contributed by atoms with Gasteiger partial charge in [-0.3, -0.25) is 4.79 Å². The van der Waals surface area contributed by atoms with Crippen molar-refractivity contribution in [2.45, 2.75) is 19.9 Å². The van der Waals surface area contributed by atoms with Gasteiger partial charge in [0, 0.05) is 13.1 Å². The van der Waals surface area contributed by atoms with Crippen LogP contribution in [0.4, 0.5) is 13.3 Å². The van der Waals surface area contributed by atoms with Crippen molar-refractivity contribution < 1.29 is 18.1 Å². The van der Waals surface area contributed by atoms with Gasteiger partial charge in [0.25, 0.3) is 0 Å². The smallest absolute Gasteiger partial charge is 0.264 e. The molecule has 0 atom stereocenters. The topological polar surface area (TPSA) is 32.3 Å². The molecule has 12 heavy (non-hydrogen) atoms. The van der Waals surface area contributed by atoms with Crippen molar-refractivity contribution in [3.63, 3.8) is 0 Å². The number of nitrogens with one attached hydrogen (secondary N) is 1. The summed E-state index contributed by atoms with van der Waals surface area (Å²) in [6.07, 6.45) is 0. The standard InChI is InChI=1S/C6H11F3N2O/c1-3-11(4-2)6(7,8)5(12)10-9/h3-4H2,1-2H3,(H,10,12). The van der Waals surface area contributed by atoms with E-state index in [-0.39, 0.29) is 13.1 Å². The van der Waals surface area contributed by atoms with Gasteiger partial charge in [-0.25, -0.2) is 4.90 Å². The van der Waals surface area contributed by atoms with Gasteiger partial charge in [0.15, 0.2) is 0 Å². The van der Waals surface area contributed by atoms with Gasteiger partial charge in [-0.15, -0.1) is 4.48 Å². The van der Waals surface area contributed by atoms with Crippen LogP contribution in [-0.2, 0) is 4.79 Å². The van der Waals surface area contributed by atoms with Crippen molar-refractivity contribution in [3.8, 4) is 0 Å². The maximum absolute atomic E-state index is 12.8. The van der Waals surface area contributed by atoms with Gasteiger partial charge >= 0.3 is 12.0 Å². The fourth-order valence-electron chi connectivity index (χ4n) is 0.821. The zero-order valence-corrected chi connectivity index (χ0v) is 6.90. The van der Waals surface area contributed by atoms with Crippen LogP contribution in [0, 0.1) is 0 Å². The highest BCUT2D eigenvalue weighted by molar-refractivity contribution is 5.81. The van der Waals surface area contributed by atoms with Crippen LogP contribution in [0.25, 0.3) is 0 Å². The number of amides is 1. The molecule has 0 aliphatic carbocycles. The number of hydrogen-bond acceptors (Lipinski definition) is 2. The third kappa shape index (κ3) is 2.10. The van der Waals surface area contributed by atoms with Crippen LogP contribution in [0.1, 0.15) is 13.8 Å². The number of likely N-dealkylation sites (N-methyl/N-ethyl adjacent to an activating group) is 1. The molecule has 72 valence electrons. The molecule has 0 aromatic heterocycles. The van der Waals surface area contributed by atoms with Crippen molar-refractivity contribution in [2.24, 2.45) is 0 Å². The lowest BCUT2D eigenvalue weighted by Gasteiger charge is -2.25. The van der Waals surface area contributed by atoms with Gasteiger partial charge in [0.05, 0.1) is 0 Å². The van der Waals surface area contributed by atoms with Crippen LogP contribution in [0.5, 0.6) is 0 Å². The fraction of sp³-hybridized carbons (Fsp3) is 0.833. The summed E-state index contributed by atoms with van der Waals surface area (Å²) in [7, 11) is 0. The average Bonchev–Trinajstić information content (AvgIpc) is 2.04. The first-order valence-corrected chi connectivity index (χ1v) is 3.54. The summed E-state index contributed by atoms with van der Waals surface area (Å²) in [6, 6.07) is -3.77. The van der Waals surface area contributed by atoms with Gasteiger partial charge in [0.1, 0.15) is 0 Å². The molecule has 0 bridgehead atoms. The van der Waals surface area contributed by atoms with E-state index >= 15 is 0 Å². The summed E-state index contributed by atoms with van der Waals surface area (Å²) in [5.41, 5.74) is 0.424. The molecule has 0 unspecified atom stereocenters. The Hall–Kier alpha value is -0.780. The lowest BCUT2D eigenvalue weighted by atomic mass is 10.4. The van der Waals surface area contributed by atoms with Crippen LogP contribution in [0.2, 0.25) is 0 Å². The number of halogens is 3. The third-order valence-corrected chi connectivity index (χ3v) is 1.52. The molecule has 0 aromatic carbocycles. The Morgan fingerprint density at radius 1 is 1.42 bits per heavy atom. The highest BCUT2D eigenvalue weighted by Crippen LogP contribution is 2.18. The molecule has 0 saturated heterocycles. The van der Waals surface area contributed by atoms with E-state index in [1.54, 1.807) is 0 Å². The first-order chi connectivity index (χ1) is 5.50. The van der Waals surface area contributed by atoms with E-state index < -0.39 is 12.0 Å². The minimum atomic E-state index is -3.77. The zero-order valence-electron chi connectivity index (χ0n) is 6.90. The first-order valence-electron chi connectivity index (χ1n) is 3.54. The molecule has 3 nitrogen and oxygen atoms in total. The van der Waals surface area contributed by atoms with E-state index in [4.69, 9.17) is 0 Å². The fourth-order valence-corrected chi connectivity index (χ4v) is 0.821. The minimum absolute atomic E-state index is 0.0169. The van der Waals surface area contributed by atoms with Crippen molar-refractivity contribution in [1.82, 2.24) is 10.4 Å². The molecular formula is C6H11F3N2O.